The molecule has 2 atom stereocenters. The molecule has 0 radical (unpaired) electrons. The van der Waals surface area contributed by atoms with Gasteiger partial charge in [-0.1, -0.05) is 31.2 Å². The van der Waals surface area contributed by atoms with E-state index >= 15 is 0 Å². The van der Waals surface area contributed by atoms with Crippen molar-refractivity contribution in [3.63, 3.8) is 0 Å². The molecule has 1 aromatic heterocycles. The lowest BCUT2D eigenvalue weighted by Crippen LogP contribution is -2.31. The minimum atomic E-state index is -0.595. The van der Waals surface area contributed by atoms with Crippen molar-refractivity contribution in [3.8, 4) is 0 Å². The molecule has 0 aliphatic heterocycles. The molecule has 4 heteroatoms. The molecule has 0 saturated carbocycles. The summed E-state index contributed by atoms with van der Waals surface area (Å²) in [5, 5.41) is 0. The van der Waals surface area contributed by atoms with Crippen LogP contribution >= 0.6 is 0 Å². The van der Waals surface area contributed by atoms with Crippen LogP contribution in [0.4, 0.5) is 0 Å². The first-order valence-electron chi connectivity index (χ1n) is 7.00. The molecule has 4 nitrogen and oxygen atoms in total. The first-order chi connectivity index (χ1) is 9.68. The van der Waals surface area contributed by atoms with Gasteiger partial charge >= 0.3 is 5.76 Å². The minimum absolute atomic E-state index is 0.184. The molecule has 0 fully saturated rings. The summed E-state index contributed by atoms with van der Waals surface area (Å²) in [5.41, 5.74) is 1.01. The van der Waals surface area contributed by atoms with E-state index in [-0.39, 0.29) is 17.7 Å². The number of carbonyl (C=O) groups is 1. The molecule has 3 rings (SSSR count). The van der Waals surface area contributed by atoms with E-state index in [2.05, 4.69) is 12.2 Å². The maximum Gasteiger partial charge on any atom is 0.426 e. The second-order valence-electron chi connectivity index (χ2n) is 5.32. The summed E-state index contributed by atoms with van der Waals surface area (Å²) in [5.74, 6) is -0.790. The van der Waals surface area contributed by atoms with E-state index in [1.54, 1.807) is 24.3 Å². The van der Waals surface area contributed by atoms with Crippen molar-refractivity contribution in [1.82, 2.24) is 4.57 Å². The lowest BCUT2D eigenvalue weighted by atomic mass is 9.85. The van der Waals surface area contributed by atoms with E-state index in [1.165, 1.54) is 4.57 Å². The summed E-state index contributed by atoms with van der Waals surface area (Å²) in [6.45, 7) is 1.89. The van der Waals surface area contributed by atoms with E-state index in [4.69, 9.17) is 4.42 Å². The lowest BCUT2D eigenvalue weighted by molar-refractivity contribution is 0.0806. The van der Waals surface area contributed by atoms with Crippen LogP contribution in [0.25, 0.3) is 11.1 Å². The van der Waals surface area contributed by atoms with Crippen molar-refractivity contribution < 1.29 is 9.21 Å². The summed E-state index contributed by atoms with van der Waals surface area (Å²) in [6, 6.07) is 7.02. The number of hydrogen-bond donors (Lipinski definition) is 0. The number of oxazole rings is 1. The van der Waals surface area contributed by atoms with Crippen molar-refractivity contribution >= 4 is 17.0 Å². The van der Waals surface area contributed by atoms with Crippen LogP contribution in [-0.2, 0) is 0 Å². The van der Waals surface area contributed by atoms with Gasteiger partial charge in [-0.05, 0) is 37.3 Å². The number of allylic oxidation sites excluding steroid dienone is 2. The average Bonchev–Trinajstić information content (AvgIpc) is 2.82. The van der Waals surface area contributed by atoms with Gasteiger partial charge in [0.1, 0.15) is 0 Å². The van der Waals surface area contributed by atoms with Crippen LogP contribution in [-0.4, -0.2) is 10.5 Å². The number of nitrogens with zero attached hydrogens (tertiary/aromatic N) is 1. The minimum Gasteiger partial charge on any atom is -0.407 e. The Hall–Kier alpha value is -2.10. The number of fused-ring (bicyclic) bond motifs is 1. The summed E-state index contributed by atoms with van der Waals surface area (Å²) >= 11 is 0. The molecule has 0 N–H and O–H groups in total. The quantitative estimate of drug-likeness (QED) is 0.788. The Balaban J connectivity index is 2.00. The molecule has 0 spiro atoms. The van der Waals surface area contributed by atoms with Gasteiger partial charge in [-0.25, -0.2) is 9.36 Å². The number of rotatable bonds is 2. The Labute approximate surface area is 116 Å². The fourth-order valence-electron chi connectivity index (χ4n) is 2.82. The van der Waals surface area contributed by atoms with Crippen molar-refractivity contribution in [1.29, 1.82) is 0 Å². The van der Waals surface area contributed by atoms with Crippen molar-refractivity contribution in [3.05, 3.63) is 47.0 Å². The Kier molecular flexibility index (Phi) is 3.30. The van der Waals surface area contributed by atoms with Gasteiger partial charge < -0.3 is 4.42 Å². The highest BCUT2D eigenvalue weighted by Gasteiger charge is 2.27. The molecule has 104 valence electrons. The van der Waals surface area contributed by atoms with Crippen LogP contribution in [0.5, 0.6) is 0 Å². The maximum atomic E-state index is 12.6. The molecule has 0 amide bonds. The largest absolute Gasteiger partial charge is 0.426 e. The zero-order valence-electron chi connectivity index (χ0n) is 11.4. The normalized spacial score (nSPS) is 20.1. The van der Waals surface area contributed by atoms with Gasteiger partial charge in [0.25, 0.3) is 0 Å². The molecule has 2 aromatic rings. The van der Waals surface area contributed by atoms with Crippen LogP contribution in [0.3, 0.4) is 0 Å². The van der Waals surface area contributed by atoms with Crippen molar-refractivity contribution in [2.75, 3.05) is 0 Å². The van der Waals surface area contributed by atoms with Crippen LogP contribution < -0.4 is 5.76 Å². The smallest absolute Gasteiger partial charge is 0.407 e. The van der Waals surface area contributed by atoms with Crippen LogP contribution in [0.1, 0.15) is 31.0 Å². The number of carbonyl (C=O) groups excluding carboxylic acids is 1. The predicted molar refractivity (Wildman–Crippen MR) is 76.7 cm³/mol. The molecular formula is C16H17NO3. The van der Waals surface area contributed by atoms with Crippen molar-refractivity contribution in [2.45, 2.75) is 26.2 Å². The van der Waals surface area contributed by atoms with E-state index in [9.17, 15) is 9.59 Å². The van der Waals surface area contributed by atoms with Gasteiger partial charge in [-0.2, -0.15) is 0 Å². The summed E-state index contributed by atoms with van der Waals surface area (Å²) in [7, 11) is 0. The van der Waals surface area contributed by atoms with E-state index in [0.717, 1.165) is 19.3 Å². The topological polar surface area (TPSA) is 52.2 Å². The Morgan fingerprint density at radius 1 is 1.40 bits per heavy atom. The molecule has 1 aliphatic carbocycles. The van der Waals surface area contributed by atoms with Crippen LogP contribution in [0.15, 0.2) is 45.6 Å². The van der Waals surface area contributed by atoms with E-state index < -0.39 is 5.76 Å². The second kappa shape index (κ2) is 5.12. The van der Waals surface area contributed by atoms with Gasteiger partial charge in [0.2, 0.25) is 5.91 Å². The average molecular weight is 271 g/mol. The highest BCUT2D eigenvalue weighted by Crippen LogP contribution is 2.26. The molecule has 0 saturated heterocycles. The summed E-state index contributed by atoms with van der Waals surface area (Å²) in [6.07, 6.45) is 7.38. The third-order valence-corrected chi connectivity index (χ3v) is 4.03. The predicted octanol–water partition coefficient (Wildman–Crippen LogP) is 3.23. The molecule has 20 heavy (non-hydrogen) atoms. The highest BCUT2D eigenvalue weighted by molar-refractivity contribution is 5.90. The second-order valence-corrected chi connectivity index (χ2v) is 5.32. The standard InChI is InChI=1S/C16H17NO3/c1-11(12-7-3-2-4-8-12)15(18)17-13-9-5-6-10-14(13)20-16(17)19/h3,5-7,9-12H,2,4,8H2,1H3/t11-,12?/m0/s1. The Morgan fingerprint density at radius 2 is 2.20 bits per heavy atom. The summed E-state index contributed by atoms with van der Waals surface area (Å²) < 4.78 is 6.30. The van der Waals surface area contributed by atoms with E-state index in [1.807, 2.05) is 6.92 Å². The zero-order chi connectivity index (χ0) is 14.1. The van der Waals surface area contributed by atoms with Crippen molar-refractivity contribution in [2.24, 2.45) is 11.8 Å². The van der Waals surface area contributed by atoms with Gasteiger partial charge in [-0.15, -0.1) is 0 Å². The summed E-state index contributed by atoms with van der Waals surface area (Å²) in [4.78, 5) is 24.5. The fraction of sp³-hybridized carbons (Fsp3) is 0.375. The first kappa shape index (κ1) is 12.9. The zero-order valence-corrected chi connectivity index (χ0v) is 11.4. The number of hydrogen-bond acceptors (Lipinski definition) is 3. The number of aromatic nitrogens is 1. The molecule has 1 heterocycles. The fourth-order valence-corrected chi connectivity index (χ4v) is 2.82. The van der Waals surface area contributed by atoms with Gasteiger partial charge in [0.05, 0.1) is 5.52 Å². The first-order valence-corrected chi connectivity index (χ1v) is 7.00. The molecular weight excluding hydrogens is 254 g/mol. The van der Waals surface area contributed by atoms with Crippen LogP contribution in [0.2, 0.25) is 0 Å². The molecule has 1 unspecified atom stereocenters. The number of benzene rings is 1. The third kappa shape index (κ3) is 2.11. The SMILES string of the molecule is C[C@H](C(=O)n1c(=O)oc2ccccc21)C1C=CCCC1. The van der Waals surface area contributed by atoms with Gasteiger partial charge in [-0.3, -0.25) is 4.79 Å². The van der Waals surface area contributed by atoms with Crippen LogP contribution in [0, 0.1) is 11.8 Å². The number of para-hydroxylation sites is 2. The lowest BCUT2D eigenvalue weighted by Gasteiger charge is -2.22. The Bertz CT molecular complexity index is 723. The Morgan fingerprint density at radius 3 is 2.95 bits per heavy atom. The molecule has 1 aromatic carbocycles. The maximum absolute atomic E-state index is 12.6. The highest BCUT2D eigenvalue weighted by atomic mass is 16.4. The third-order valence-electron chi connectivity index (χ3n) is 4.03. The van der Waals surface area contributed by atoms with Gasteiger partial charge in [0.15, 0.2) is 5.58 Å². The monoisotopic (exact) mass is 271 g/mol. The van der Waals surface area contributed by atoms with E-state index in [0.29, 0.717) is 11.1 Å². The molecule has 1 aliphatic rings. The molecule has 0 bridgehead atoms. The van der Waals surface area contributed by atoms with Gasteiger partial charge in [0, 0.05) is 5.92 Å².